The Morgan fingerprint density at radius 1 is 0.564 bits per heavy atom. The average molecular weight is 533 g/mol. The lowest BCUT2D eigenvalue weighted by Gasteiger charge is -2.11. The van der Waals surface area contributed by atoms with Gasteiger partial charge >= 0.3 is 11.9 Å². The van der Waals surface area contributed by atoms with E-state index in [-0.39, 0.29) is 0 Å². The summed E-state index contributed by atoms with van der Waals surface area (Å²) in [7, 11) is 0. The lowest BCUT2D eigenvalue weighted by molar-refractivity contribution is 0.0730. The summed E-state index contributed by atoms with van der Waals surface area (Å²) < 4.78 is 22.5. The van der Waals surface area contributed by atoms with Gasteiger partial charge in [0, 0.05) is 0 Å². The summed E-state index contributed by atoms with van der Waals surface area (Å²) in [6.07, 6.45) is 9.15. The molecule has 0 spiro atoms. The number of ether oxygens (including phenoxy) is 4. The minimum absolute atomic E-state index is 0.353. The lowest BCUT2D eigenvalue weighted by atomic mass is 10.1. The van der Waals surface area contributed by atoms with E-state index in [1.54, 1.807) is 73.7 Å². The fourth-order valence-corrected chi connectivity index (χ4v) is 3.99. The highest BCUT2D eigenvalue weighted by Crippen LogP contribution is 2.23. The highest BCUT2D eigenvalue weighted by atomic mass is 16.5. The first kappa shape index (κ1) is 29.8. The zero-order chi connectivity index (χ0) is 27.9. The Labute approximate surface area is 232 Å². The smallest absolute Gasteiger partial charge is 0.343 e. The molecule has 0 amide bonds. The minimum Gasteiger partial charge on any atom is -0.494 e. The molecule has 6 heteroatoms. The minimum atomic E-state index is -0.483. The van der Waals surface area contributed by atoms with Gasteiger partial charge in [0.1, 0.15) is 23.0 Å². The van der Waals surface area contributed by atoms with Gasteiger partial charge in [0.2, 0.25) is 0 Å². The summed E-state index contributed by atoms with van der Waals surface area (Å²) in [5.41, 5.74) is 1.46. The quantitative estimate of drug-likeness (QED) is 0.105. The van der Waals surface area contributed by atoms with Crippen LogP contribution in [0.5, 0.6) is 23.0 Å². The highest BCUT2D eigenvalue weighted by molar-refractivity contribution is 5.93. The molecule has 0 aliphatic rings. The van der Waals surface area contributed by atoms with Crippen LogP contribution in [0.3, 0.4) is 0 Å². The molecule has 0 fully saturated rings. The molecule has 3 rings (SSSR count). The Balaban J connectivity index is 1.49. The Kier molecular flexibility index (Phi) is 12.4. The molecule has 0 saturated carbocycles. The van der Waals surface area contributed by atoms with E-state index in [0.29, 0.717) is 41.4 Å². The highest BCUT2D eigenvalue weighted by Gasteiger charge is 2.15. The normalized spacial score (nSPS) is 10.6. The van der Waals surface area contributed by atoms with Crippen LogP contribution in [0.2, 0.25) is 0 Å². The first-order chi connectivity index (χ1) is 19.0. The van der Waals surface area contributed by atoms with Gasteiger partial charge in [-0.2, -0.15) is 0 Å². The molecule has 6 nitrogen and oxygen atoms in total. The number of rotatable bonds is 16. The van der Waals surface area contributed by atoms with Crippen LogP contribution in [0, 0.1) is 6.92 Å². The second-order valence-corrected chi connectivity index (χ2v) is 9.57. The van der Waals surface area contributed by atoms with Crippen molar-refractivity contribution < 1.29 is 28.5 Å². The molecule has 0 unspecified atom stereocenters. The van der Waals surface area contributed by atoms with Crippen LogP contribution in [0.25, 0.3) is 0 Å². The second kappa shape index (κ2) is 16.2. The van der Waals surface area contributed by atoms with E-state index in [1.165, 1.54) is 25.7 Å². The van der Waals surface area contributed by atoms with Crippen molar-refractivity contribution in [2.24, 2.45) is 0 Å². The molecule has 0 atom stereocenters. The van der Waals surface area contributed by atoms with Crippen molar-refractivity contribution in [1.82, 2.24) is 0 Å². The van der Waals surface area contributed by atoms with Gasteiger partial charge in [-0.05, 0) is 92.1 Å². The Bertz CT molecular complexity index is 1170. The van der Waals surface area contributed by atoms with Crippen LogP contribution in [-0.2, 0) is 0 Å². The number of hydrogen-bond acceptors (Lipinski definition) is 6. The third-order valence-corrected chi connectivity index (χ3v) is 6.29. The molecule has 39 heavy (non-hydrogen) atoms. The third-order valence-electron chi connectivity index (χ3n) is 6.29. The maximum atomic E-state index is 12.7. The van der Waals surface area contributed by atoms with E-state index in [2.05, 4.69) is 13.8 Å². The van der Waals surface area contributed by atoms with Gasteiger partial charge in [-0.25, -0.2) is 9.59 Å². The predicted octanol–water partition coefficient (Wildman–Crippen LogP) is 8.35. The van der Waals surface area contributed by atoms with Crippen LogP contribution in [-0.4, -0.2) is 25.2 Å². The fourth-order valence-electron chi connectivity index (χ4n) is 3.99. The maximum absolute atomic E-state index is 12.7. The number of carbonyl (C=O) groups is 2. The number of carbonyl (C=O) groups excluding carboxylic acids is 2. The van der Waals surface area contributed by atoms with Gasteiger partial charge in [-0.3, -0.25) is 0 Å². The van der Waals surface area contributed by atoms with Crippen LogP contribution in [0.15, 0.2) is 66.7 Å². The molecule has 0 bridgehead atoms. The van der Waals surface area contributed by atoms with Crippen molar-refractivity contribution in [2.75, 3.05) is 13.2 Å². The first-order valence-corrected chi connectivity index (χ1v) is 14.0. The Morgan fingerprint density at radius 2 is 1.05 bits per heavy atom. The summed E-state index contributed by atoms with van der Waals surface area (Å²) >= 11 is 0. The molecule has 208 valence electrons. The van der Waals surface area contributed by atoms with Crippen molar-refractivity contribution in [3.63, 3.8) is 0 Å². The molecular formula is C33H40O6. The third kappa shape index (κ3) is 10.1. The average Bonchev–Trinajstić information content (AvgIpc) is 2.94. The standard InChI is InChI=1S/C33H40O6/c1-4-6-8-10-22-36-27-14-12-26(13-15-27)32(34)39-30-20-21-31(25(3)24-30)33(35)38-29-18-16-28(17-19-29)37-23-11-9-7-5-2/h12-21,24H,4-11,22-23H2,1-3H3. The monoisotopic (exact) mass is 532 g/mol. The van der Waals surface area contributed by atoms with Crippen molar-refractivity contribution in [2.45, 2.75) is 72.1 Å². The number of aryl methyl sites for hydroxylation is 1. The molecule has 3 aromatic carbocycles. The molecule has 0 radical (unpaired) electrons. The largest absolute Gasteiger partial charge is 0.494 e. The van der Waals surface area contributed by atoms with E-state index in [0.717, 1.165) is 37.2 Å². The summed E-state index contributed by atoms with van der Waals surface area (Å²) in [4.78, 5) is 25.3. The maximum Gasteiger partial charge on any atom is 0.343 e. The van der Waals surface area contributed by atoms with E-state index in [1.807, 2.05) is 0 Å². The van der Waals surface area contributed by atoms with E-state index in [9.17, 15) is 9.59 Å². The van der Waals surface area contributed by atoms with Gasteiger partial charge < -0.3 is 18.9 Å². The second-order valence-electron chi connectivity index (χ2n) is 9.57. The van der Waals surface area contributed by atoms with E-state index in [4.69, 9.17) is 18.9 Å². The molecule has 3 aromatic rings. The molecule has 0 N–H and O–H groups in total. The number of benzene rings is 3. The Morgan fingerprint density at radius 3 is 1.59 bits per heavy atom. The zero-order valence-electron chi connectivity index (χ0n) is 23.4. The number of unbranched alkanes of at least 4 members (excludes halogenated alkanes) is 6. The summed E-state index contributed by atoms with van der Waals surface area (Å²) in [5, 5.41) is 0. The number of esters is 2. The van der Waals surface area contributed by atoms with Crippen molar-refractivity contribution in [3.05, 3.63) is 83.4 Å². The molecule has 0 aliphatic carbocycles. The topological polar surface area (TPSA) is 71.1 Å². The van der Waals surface area contributed by atoms with Crippen LogP contribution in [0.4, 0.5) is 0 Å². The van der Waals surface area contributed by atoms with E-state index >= 15 is 0 Å². The van der Waals surface area contributed by atoms with Gasteiger partial charge in [0.05, 0.1) is 24.3 Å². The summed E-state index contributed by atoms with van der Waals surface area (Å²) in [6.45, 7) is 7.47. The molecule has 0 aliphatic heterocycles. The van der Waals surface area contributed by atoms with Crippen LogP contribution < -0.4 is 18.9 Å². The first-order valence-electron chi connectivity index (χ1n) is 14.0. The summed E-state index contributed by atoms with van der Waals surface area (Å²) in [5.74, 6) is 1.30. The van der Waals surface area contributed by atoms with Gasteiger partial charge in [0.15, 0.2) is 0 Å². The summed E-state index contributed by atoms with van der Waals surface area (Å²) in [6, 6.07) is 18.8. The van der Waals surface area contributed by atoms with Gasteiger partial charge in [-0.1, -0.05) is 52.4 Å². The van der Waals surface area contributed by atoms with Crippen molar-refractivity contribution in [1.29, 1.82) is 0 Å². The lowest BCUT2D eigenvalue weighted by Crippen LogP contribution is -2.12. The molecule has 0 heterocycles. The van der Waals surface area contributed by atoms with Crippen LogP contribution >= 0.6 is 0 Å². The SMILES string of the molecule is CCCCCCOc1ccc(OC(=O)c2ccc(OC(=O)c3ccc(OCCCCCC)cc3)cc2C)cc1. The predicted molar refractivity (Wildman–Crippen MR) is 153 cm³/mol. The zero-order valence-corrected chi connectivity index (χ0v) is 23.4. The molecule has 0 aromatic heterocycles. The van der Waals surface area contributed by atoms with Crippen molar-refractivity contribution >= 4 is 11.9 Å². The van der Waals surface area contributed by atoms with Crippen molar-refractivity contribution in [3.8, 4) is 23.0 Å². The van der Waals surface area contributed by atoms with Crippen LogP contribution in [0.1, 0.15) is 91.5 Å². The molecule has 0 saturated heterocycles. The van der Waals surface area contributed by atoms with Gasteiger partial charge in [-0.15, -0.1) is 0 Å². The molecular weight excluding hydrogens is 492 g/mol. The number of hydrogen-bond donors (Lipinski definition) is 0. The van der Waals surface area contributed by atoms with Gasteiger partial charge in [0.25, 0.3) is 0 Å². The van der Waals surface area contributed by atoms with E-state index < -0.39 is 11.9 Å². The fraction of sp³-hybridized carbons (Fsp3) is 0.394. The Hall–Kier alpha value is -3.80.